The summed E-state index contributed by atoms with van der Waals surface area (Å²) in [5.41, 5.74) is -0.243. The van der Waals surface area contributed by atoms with E-state index in [1.54, 1.807) is 25.1 Å². The first-order valence-electron chi connectivity index (χ1n) is 9.15. The summed E-state index contributed by atoms with van der Waals surface area (Å²) in [4.78, 5) is 10.8. The molecule has 3 rings (SSSR count). The third kappa shape index (κ3) is 4.44. The number of hydrogen-bond donors (Lipinski definition) is 2. The molecule has 156 valence electrons. The molecule has 0 spiro atoms. The largest absolute Gasteiger partial charge is 0.380 e. The maximum absolute atomic E-state index is 10.5. The van der Waals surface area contributed by atoms with Gasteiger partial charge >= 0.3 is 0 Å². The van der Waals surface area contributed by atoms with Crippen molar-refractivity contribution in [3.8, 4) is 0 Å². The molecule has 0 amide bonds. The first kappa shape index (κ1) is 21.7. The number of hydrogen-bond acceptors (Lipinski definition) is 8. The first-order valence-corrected chi connectivity index (χ1v) is 9.91. The molecule has 0 radical (unpaired) electrons. The Bertz CT molecular complexity index is 719. The van der Waals surface area contributed by atoms with Crippen molar-refractivity contribution < 1.29 is 9.84 Å². The van der Waals surface area contributed by atoms with Crippen molar-refractivity contribution in [1.82, 2.24) is 19.7 Å². The van der Waals surface area contributed by atoms with Gasteiger partial charge in [0.2, 0.25) is 0 Å². The summed E-state index contributed by atoms with van der Waals surface area (Å²) in [5, 5.41) is 13.1. The number of aliphatic imine (C=N–C) groups is 1. The summed E-state index contributed by atoms with van der Waals surface area (Å²) in [5.74, 6) is 6.28. The van der Waals surface area contributed by atoms with Crippen LogP contribution in [0.15, 0.2) is 23.2 Å². The highest BCUT2D eigenvalue weighted by atomic mass is 35.5. The van der Waals surface area contributed by atoms with Gasteiger partial charge in [-0.1, -0.05) is 35.3 Å². The number of rotatable bonds is 7. The van der Waals surface area contributed by atoms with Crippen LogP contribution >= 0.6 is 23.2 Å². The molecule has 28 heavy (non-hydrogen) atoms. The van der Waals surface area contributed by atoms with Crippen molar-refractivity contribution in [3.63, 3.8) is 0 Å². The van der Waals surface area contributed by atoms with Gasteiger partial charge in [0.15, 0.2) is 0 Å². The van der Waals surface area contributed by atoms with Crippen LogP contribution in [0, 0.1) is 0 Å². The van der Waals surface area contributed by atoms with E-state index in [1.807, 2.05) is 30.4 Å². The second-order valence-electron chi connectivity index (χ2n) is 7.52. The maximum Gasteiger partial charge on any atom is 0.145 e. The number of likely N-dealkylation sites (N-methyl/N-ethyl adjacent to an activating group) is 1. The zero-order valence-corrected chi connectivity index (χ0v) is 17.9. The van der Waals surface area contributed by atoms with Gasteiger partial charge in [-0.2, -0.15) is 5.01 Å². The summed E-state index contributed by atoms with van der Waals surface area (Å²) in [6, 6.07) is 5.47. The highest BCUT2D eigenvalue weighted by molar-refractivity contribution is 6.42. The van der Waals surface area contributed by atoms with E-state index in [9.17, 15) is 5.11 Å². The molecule has 1 aromatic rings. The monoisotopic (exact) mass is 430 g/mol. The fourth-order valence-corrected chi connectivity index (χ4v) is 3.87. The topological polar surface area (TPSA) is 80.8 Å². The standard InChI is InChI=1S/C18H28Cl2N6O2/c1-18(27,9-28-3)23(2)11-24-8-7-15(24)25-10-22-17(26(21)12-25)13-5-4-6-14(19)16(13)20/h4-6,10,15,17,27H,7-9,11-12,21H2,1-3H3/t15?,17?,18-/m0/s1. The van der Waals surface area contributed by atoms with Crippen LogP contribution in [0.2, 0.25) is 10.0 Å². The molecular formula is C18H28Cl2N6O2. The van der Waals surface area contributed by atoms with E-state index >= 15 is 0 Å². The van der Waals surface area contributed by atoms with Gasteiger partial charge in [-0.05, 0) is 26.5 Å². The average Bonchev–Trinajstić information content (AvgIpc) is 2.61. The molecule has 10 heteroatoms. The molecule has 8 nitrogen and oxygen atoms in total. The fourth-order valence-electron chi connectivity index (χ4n) is 3.46. The highest BCUT2D eigenvalue weighted by Gasteiger charge is 2.38. The van der Waals surface area contributed by atoms with Crippen molar-refractivity contribution in [3.05, 3.63) is 33.8 Å². The lowest BCUT2D eigenvalue weighted by Crippen LogP contribution is -2.64. The summed E-state index contributed by atoms with van der Waals surface area (Å²) in [6.07, 6.45) is 2.63. The highest BCUT2D eigenvalue weighted by Crippen LogP contribution is 2.34. The van der Waals surface area contributed by atoms with Gasteiger partial charge in [0.25, 0.3) is 0 Å². The number of nitrogens with two attached hydrogens (primary N) is 1. The number of nitrogens with zero attached hydrogens (tertiary/aromatic N) is 5. The van der Waals surface area contributed by atoms with Crippen molar-refractivity contribution in [1.29, 1.82) is 0 Å². The van der Waals surface area contributed by atoms with Gasteiger partial charge in [0.05, 0.1) is 42.5 Å². The molecule has 2 aliphatic rings. The zero-order chi connectivity index (χ0) is 20.5. The smallest absolute Gasteiger partial charge is 0.145 e. The molecule has 2 aliphatic heterocycles. The Balaban J connectivity index is 1.65. The Morgan fingerprint density at radius 3 is 2.79 bits per heavy atom. The maximum atomic E-state index is 10.5. The van der Waals surface area contributed by atoms with Gasteiger partial charge in [-0.15, -0.1) is 0 Å². The lowest BCUT2D eigenvalue weighted by Gasteiger charge is -2.51. The Morgan fingerprint density at radius 1 is 1.43 bits per heavy atom. The SMILES string of the molecule is COC[C@](C)(O)N(C)CN1CCC1N1C=NC(c2cccc(Cl)c2Cl)N(N)C1. The molecule has 3 atom stereocenters. The molecule has 1 aromatic carbocycles. The van der Waals surface area contributed by atoms with E-state index in [-0.39, 0.29) is 18.9 Å². The molecule has 1 fully saturated rings. The van der Waals surface area contributed by atoms with Crippen molar-refractivity contribution >= 4 is 29.5 Å². The molecule has 0 aromatic heterocycles. The Labute approximate surface area is 176 Å². The summed E-state index contributed by atoms with van der Waals surface area (Å²) in [6.45, 7) is 4.05. The quantitative estimate of drug-likeness (QED) is 0.503. The molecular weight excluding hydrogens is 403 g/mol. The Morgan fingerprint density at radius 2 is 2.18 bits per heavy atom. The van der Waals surface area contributed by atoms with E-state index in [2.05, 4.69) is 14.8 Å². The lowest BCUT2D eigenvalue weighted by molar-refractivity contribution is -0.158. The molecule has 0 aliphatic carbocycles. The molecule has 2 unspecified atom stereocenters. The van der Waals surface area contributed by atoms with Gasteiger partial charge in [0, 0.05) is 19.2 Å². The second-order valence-corrected chi connectivity index (χ2v) is 8.31. The number of likely N-dealkylation sites (tertiary alicyclic amines) is 1. The van der Waals surface area contributed by atoms with E-state index in [4.69, 9.17) is 33.8 Å². The molecule has 2 heterocycles. The van der Waals surface area contributed by atoms with Crippen LogP contribution in [0.1, 0.15) is 25.1 Å². The van der Waals surface area contributed by atoms with Crippen molar-refractivity contribution in [2.75, 3.05) is 40.6 Å². The van der Waals surface area contributed by atoms with Crippen LogP contribution < -0.4 is 5.84 Å². The van der Waals surface area contributed by atoms with E-state index < -0.39 is 5.72 Å². The van der Waals surface area contributed by atoms with E-state index in [0.29, 0.717) is 23.4 Å². The van der Waals surface area contributed by atoms with E-state index in [1.165, 1.54) is 0 Å². The minimum absolute atomic E-state index is 0.173. The van der Waals surface area contributed by atoms with Crippen LogP contribution in [0.5, 0.6) is 0 Å². The van der Waals surface area contributed by atoms with Gasteiger partial charge in [0.1, 0.15) is 11.9 Å². The number of halogens is 2. The fraction of sp³-hybridized carbons (Fsp3) is 0.611. The van der Waals surface area contributed by atoms with Crippen LogP contribution in [0.3, 0.4) is 0 Å². The molecule has 0 saturated carbocycles. The normalized spacial score (nSPS) is 25.8. The number of hydrazine groups is 1. The van der Waals surface area contributed by atoms with Crippen LogP contribution in [-0.4, -0.2) is 83.7 Å². The minimum atomic E-state index is -1.03. The Kier molecular flexibility index (Phi) is 6.84. The first-order chi connectivity index (χ1) is 13.2. The third-order valence-corrected chi connectivity index (χ3v) is 6.20. The molecule has 1 saturated heterocycles. The van der Waals surface area contributed by atoms with Crippen LogP contribution in [0.25, 0.3) is 0 Å². The van der Waals surface area contributed by atoms with Crippen molar-refractivity contribution in [2.24, 2.45) is 10.8 Å². The zero-order valence-electron chi connectivity index (χ0n) is 16.4. The lowest BCUT2D eigenvalue weighted by atomic mass is 10.1. The Hall–Kier alpha value is -0.970. The van der Waals surface area contributed by atoms with Gasteiger partial charge < -0.3 is 14.7 Å². The van der Waals surface area contributed by atoms with Gasteiger partial charge in [-0.25, -0.2) is 0 Å². The second kappa shape index (κ2) is 8.81. The number of ether oxygens (including phenoxy) is 1. The van der Waals surface area contributed by atoms with Crippen LogP contribution in [0.4, 0.5) is 0 Å². The predicted molar refractivity (Wildman–Crippen MR) is 111 cm³/mol. The number of aliphatic hydroxyl groups is 1. The number of methoxy groups -OCH3 is 1. The summed E-state index contributed by atoms with van der Waals surface area (Å²) < 4.78 is 5.10. The summed E-state index contributed by atoms with van der Waals surface area (Å²) >= 11 is 12.5. The minimum Gasteiger partial charge on any atom is -0.380 e. The molecule has 3 N–H and O–H groups in total. The third-order valence-electron chi connectivity index (χ3n) is 5.37. The number of benzene rings is 1. The predicted octanol–water partition coefficient (Wildman–Crippen LogP) is 1.75. The van der Waals surface area contributed by atoms with Gasteiger partial charge in [-0.3, -0.25) is 20.6 Å². The molecule has 0 bridgehead atoms. The van der Waals surface area contributed by atoms with E-state index in [0.717, 1.165) is 18.5 Å². The van der Waals surface area contributed by atoms with Crippen LogP contribution in [-0.2, 0) is 4.74 Å². The summed E-state index contributed by atoms with van der Waals surface area (Å²) in [7, 11) is 3.46. The van der Waals surface area contributed by atoms with Crippen molar-refractivity contribution in [2.45, 2.75) is 31.4 Å². The average molecular weight is 431 g/mol.